The first-order valence-electron chi connectivity index (χ1n) is 7.69. The number of likely N-dealkylation sites (tertiary alicyclic amines) is 1. The summed E-state index contributed by atoms with van der Waals surface area (Å²) in [6, 6.07) is 4.94. The minimum absolute atomic E-state index is 0.135. The molecular weight excluding hydrogens is 362 g/mol. The molecule has 3 atom stereocenters. The average molecular weight is 382 g/mol. The number of carbonyl (C=O) groups excluding carboxylic acids is 2. The third kappa shape index (κ3) is 3.65. The second-order valence-corrected chi connectivity index (χ2v) is 7.85. The molecule has 0 unspecified atom stereocenters. The fraction of sp³-hybridized carbons (Fsp3) is 0.562. The Morgan fingerprint density at radius 1 is 1.35 bits per heavy atom. The molecule has 2 amide bonds. The molecule has 1 aliphatic carbocycles. The highest BCUT2D eigenvalue weighted by molar-refractivity contribution is 9.10. The molecule has 2 aliphatic rings. The zero-order valence-corrected chi connectivity index (χ0v) is 15.0. The quantitative estimate of drug-likeness (QED) is 0.798. The first-order valence-corrected chi connectivity index (χ1v) is 8.48. The van der Waals surface area contributed by atoms with Crippen LogP contribution in [0.25, 0.3) is 0 Å². The number of anilines is 1. The highest BCUT2D eigenvalue weighted by atomic mass is 79.9. The maximum absolute atomic E-state index is 12.6. The number of fused-ring (bicyclic) bond motifs is 1. The monoisotopic (exact) mass is 381 g/mol. The average Bonchev–Trinajstić information content (AvgIpc) is 3.06. The second kappa shape index (κ2) is 5.78. The minimum Gasteiger partial charge on any atom is -0.444 e. The summed E-state index contributed by atoms with van der Waals surface area (Å²) in [4.78, 5) is 30.8. The Morgan fingerprint density at radius 2 is 2.09 bits per heavy atom. The van der Waals surface area contributed by atoms with E-state index in [-0.39, 0.29) is 11.9 Å². The molecular formula is C16H20BrN3O3. The van der Waals surface area contributed by atoms with Gasteiger partial charge in [-0.2, -0.15) is 0 Å². The van der Waals surface area contributed by atoms with Crippen LogP contribution < -0.4 is 5.32 Å². The van der Waals surface area contributed by atoms with Gasteiger partial charge in [-0.05, 0) is 67.6 Å². The molecule has 1 aliphatic heterocycles. The third-order valence-corrected chi connectivity index (χ3v) is 4.42. The van der Waals surface area contributed by atoms with E-state index in [1.807, 2.05) is 20.8 Å². The summed E-state index contributed by atoms with van der Waals surface area (Å²) < 4.78 is 6.10. The van der Waals surface area contributed by atoms with E-state index in [0.29, 0.717) is 22.8 Å². The molecule has 0 radical (unpaired) electrons. The van der Waals surface area contributed by atoms with Crippen LogP contribution in [0.2, 0.25) is 0 Å². The molecule has 2 heterocycles. The lowest BCUT2D eigenvalue weighted by atomic mass is 10.1. The highest BCUT2D eigenvalue weighted by Crippen LogP contribution is 2.48. The van der Waals surface area contributed by atoms with Crippen LogP contribution in [0.4, 0.5) is 10.6 Å². The summed E-state index contributed by atoms with van der Waals surface area (Å²) in [5, 5.41) is 2.78. The first-order chi connectivity index (χ1) is 10.7. The number of amides is 2. The summed E-state index contributed by atoms with van der Waals surface area (Å²) in [6.07, 6.45) is 1.23. The van der Waals surface area contributed by atoms with Crippen LogP contribution in [0, 0.1) is 5.92 Å². The van der Waals surface area contributed by atoms with Crippen molar-refractivity contribution in [2.24, 2.45) is 5.92 Å². The summed E-state index contributed by atoms with van der Waals surface area (Å²) in [5.41, 5.74) is -0.572. The predicted molar refractivity (Wildman–Crippen MR) is 88.9 cm³/mol. The molecule has 0 aromatic carbocycles. The molecule has 6 nitrogen and oxygen atoms in total. The molecule has 124 valence electrons. The molecule has 3 rings (SSSR count). The van der Waals surface area contributed by atoms with Gasteiger partial charge in [0.1, 0.15) is 22.1 Å². The van der Waals surface area contributed by atoms with Crippen molar-refractivity contribution in [1.82, 2.24) is 9.88 Å². The molecule has 7 heteroatoms. The summed E-state index contributed by atoms with van der Waals surface area (Å²) in [6.45, 7) is 5.48. The number of nitrogens with one attached hydrogen (secondary N) is 1. The van der Waals surface area contributed by atoms with Crippen molar-refractivity contribution in [3.8, 4) is 0 Å². The SMILES string of the molecule is CC(C)(C)OC(=O)N1[C@H](C(=O)Nc2cccc(Br)n2)C[C@H]2C[C@@H]21. The van der Waals surface area contributed by atoms with Gasteiger partial charge in [-0.1, -0.05) is 6.07 Å². The number of nitrogens with zero attached hydrogens (tertiary/aromatic N) is 2. The van der Waals surface area contributed by atoms with E-state index in [4.69, 9.17) is 4.74 Å². The molecule has 1 aromatic rings. The van der Waals surface area contributed by atoms with Crippen molar-refractivity contribution >= 4 is 33.7 Å². The van der Waals surface area contributed by atoms with Crippen LogP contribution in [0.15, 0.2) is 22.8 Å². The molecule has 1 aromatic heterocycles. The number of halogens is 1. The van der Waals surface area contributed by atoms with Crippen LogP contribution in [0.1, 0.15) is 33.6 Å². The van der Waals surface area contributed by atoms with Gasteiger partial charge in [0.25, 0.3) is 0 Å². The first kappa shape index (κ1) is 16.2. The predicted octanol–water partition coefficient (Wildman–Crippen LogP) is 3.18. The van der Waals surface area contributed by atoms with Crippen molar-refractivity contribution in [2.45, 2.75) is 51.3 Å². The maximum atomic E-state index is 12.6. The summed E-state index contributed by atoms with van der Waals surface area (Å²) >= 11 is 3.27. The van der Waals surface area contributed by atoms with Crippen LogP contribution in [0.3, 0.4) is 0 Å². The smallest absolute Gasteiger partial charge is 0.411 e. The number of rotatable bonds is 2. The summed E-state index contributed by atoms with van der Waals surface area (Å²) in [7, 11) is 0. The number of ether oxygens (including phenoxy) is 1. The van der Waals surface area contributed by atoms with E-state index in [0.717, 1.165) is 6.42 Å². The zero-order valence-electron chi connectivity index (χ0n) is 13.4. The molecule has 2 fully saturated rings. The largest absolute Gasteiger partial charge is 0.444 e. The number of pyridine rings is 1. The van der Waals surface area contributed by atoms with E-state index in [1.54, 1.807) is 23.1 Å². The Kier molecular flexibility index (Phi) is 4.08. The lowest BCUT2D eigenvalue weighted by Gasteiger charge is -2.29. The Bertz CT molecular complexity index is 644. The number of hydrogen-bond acceptors (Lipinski definition) is 4. The van der Waals surface area contributed by atoms with Gasteiger partial charge in [0.15, 0.2) is 0 Å². The van der Waals surface area contributed by atoms with Gasteiger partial charge >= 0.3 is 6.09 Å². The van der Waals surface area contributed by atoms with Gasteiger partial charge in [0, 0.05) is 6.04 Å². The Hall–Kier alpha value is -1.63. The van der Waals surface area contributed by atoms with Gasteiger partial charge in [-0.15, -0.1) is 0 Å². The van der Waals surface area contributed by atoms with E-state index in [1.165, 1.54) is 0 Å². The molecule has 0 bridgehead atoms. The lowest BCUT2D eigenvalue weighted by molar-refractivity contribution is -0.121. The zero-order chi connectivity index (χ0) is 16.8. The van der Waals surface area contributed by atoms with Gasteiger partial charge in [-0.3, -0.25) is 9.69 Å². The molecule has 1 saturated carbocycles. The van der Waals surface area contributed by atoms with Crippen molar-refractivity contribution in [3.63, 3.8) is 0 Å². The standard InChI is InChI=1S/C16H20BrN3O3/c1-16(2,3)23-15(22)20-10-7-9(10)8-11(20)14(21)19-13-6-4-5-12(17)18-13/h4-6,9-11H,7-8H2,1-3H3,(H,18,19,21)/t9-,10+,11+/m1/s1. The number of piperidine rings is 1. The fourth-order valence-electron chi connectivity index (χ4n) is 2.96. The number of hydrogen-bond donors (Lipinski definition) is 1. The molecule has 1 N–H and O–H groups in total. The topological polar surface area (TPSA) is 71.5 Å². The van der Waals surface area contributed by atoms with Gasteiger partial charge < -0.3 is 10.1 Å². The van der Waals surface area contributed by atoms with E-state index < -0.39 is 17.7 Å². The Morgan fingerprint density at radius 3 is 2.74 bits per heavy atom. The summed E-state index contributed by atoms with van der Waals surface area (Å²) in [5.74, 6) is 0.663. The van der Waals surface area contributed by atoms with Crippen LogP contribution in [-0.4, -0.2) is 39.6 Å². The highest BCUT2D eigenvalue weighted by Gasteiger charge is 2.57. The van der Waals surface area contributed by atoms with Gasteiger partial charge in [-0.25, -0.2) is 9.78 Å². The Labute approximate surface area is 143 Å². The lowest BCUT2D eigenvalue weighted by Crippen LogP contribution is -2.47. The van der Waals surface area contributed by atoms with E-state index >= 15 is 0 Å². The van der Waals surface area contributed by atoms with Crippen molar-refractivity contribution < 1.29 is 14.3 Å². The van der Waals surface area contributed by atoms with E-state index in [9.17, 15) is 9.59 Å². The Balaban J connectivity index is 1.71. The van der Waals surface area contributed by atoms with Crippen molar-refractivity contribution in [1.29, 1.82) is 0 Å². The maximum Gasteiger partial charge on any atom is 0.411 e. The molecule has 0 spiro atoms. The second-order valence-electron chi connectivity index (χ2n) is 7.04. The van der Waals surface area contributed by atoms with Crippen molar-refractivity contribution in [3.05, 3.63) is 22.8 Å². The van der Waals surface area contributed by atoms with Crippen LogP contribution in [0.5, 0.6) is 0 Å². The minimum atomic E-state index is -0.572. The molecule has 1 saturated heterocycles. The normalized spacial score (nSPS) is 25.7. The fourth-order valence-corrected chi connectivity index (χ4v) is 3.30. The van der Waals surface area contributed by atoms with Gasteiger partial charge in [0.05, 0.1) is 0 Å². The van der Waals surface area contributed by atoms with Crippen LogP contribution >= 0.6 is 15.9 Å². The van der Waals surface area contributed by atoms with Crippen molar-refractivity contribution in [2.75, 3.05) is 5.32 Å². The number of aromatic nitrogens is 1. The molecule has 23 heavy (non-hydrogen) atoms. The number of carbonyl (C=O) groups is 2. The third-order valence-electron chi connectivity index (χ3n) is 3.98. The van der Waals surface area contributed by atoms with E-state index in [2.05, 4.69) is 26.2 Å². The van der Waals surface area contributed by atoms with Gasteiger partial charge in [0.2, 0.25) is 5.91 Å². The van der Waals surface area contributed by atoms with Crippen LogP contribution in [-0.2, 0) is 9.53 Å².